The molecular weight excluding hydrogens is 172 g/mol. The lowest BCUT2D eigenvalue weighted by molar-refractivity contribution is 0.158. The van der Waals surface area contributed by atoms with E-state index in [0.29, 0.717) is 0 Å². The molecule has 0 aromatic heterocycles. The van der Waals surface area contributed by atoms with Crippen LogP contribution in [0, 0.1) is 0 Å². The number of aryl methyl sites for hydroxylation is 2. The van der Waals surface area contributed by atoms with Crippen molar-refractivity contribution in [3.05, 3.63) is 34.9 Å². The third kappa shape index (κ3) is 1.98. The van der Waals surface area contributed by atoms with Gasteiger partial charge >= 0.3 is 0 Å². The van der Waals surface area contributed by atoms with Crippen LogP contribution in [-0.2, 0) is 19.3 Å². The standard InChI is InChI=1S/C13H18O/c1-2-3-10-4-5-12-9-13(14)7-6-11(12)8-10/h4-5,8,13-14H,2-3,6-7,9H2,1H3. The molecule has 1 unspecified atom stereocenters. The zero-order valence-corrected chi connectivity index (χ0v) is 8.79. The van der Waals surface area contributed by atoms with Gasteiger partial charge in [-0.2, -0.15) is 0 Å². The molecule has 1 atom stereocenters. The van der Waals surface area contributed by atoms with E-state index in [1.807, 2.05) is 0 Å². The number of hydrogen-bond donors (Lipinski definition) is 1. The van der Waals surface area contributed by atoms with Gasteiger partial charge in [0.05, 0.1) is 6.10 Å². The van der Waals surface area contributed by atoms with Crippen LogP contribution in [0.2, 0.25) is 0 Å². The predicted octanol–water partition coefficient (Wildman–Crippen LogP) is 2.49. The molecule has 0 heterocycles. The van der Waals surface area contributed by atoms with Crippen LogP contribution in [-0.4, -0.2) is 11.2 Å². The van der Waals surface area contributed by atoms with Crippen LogP contribution in [0.5, 0.6) is 0 Å². The molecular formula is C13H18O. The van der Waals surface area contributed by atoms with E-state index in [2.05, 4.69) is 25.1 Å². The Bertz CT molecular complexity index is 317. The highest BCUT2D eigenvalue weighted by Gasteiger charge is 2.15. The molecule has 0 aliphatic heterocycles. The van der Waals surface area contributed by atoms with Gasteiger partial charge in [0.25, 0.3) is 0 Å². The Hall–Kier alpha value is -0.820. The fourth-order valence-electron chi connectivity index (χ4n) is 2.23. The first kappa shape index (κ1) is 9.72. The maximum Gasteiger partial charge on any atom is 0.0583 e. The summed E-state index contributed by atoms with van der Waals surface area (Å²) in [5.74, 6) is 0. The summed E-state index contributed by atoms with van der Waals surface area (Å²) in [5, 5.41) is 9.53. The van der Waals surface area contributed by atoms with Crippen molar-refractivity contribution < 1.29 is 5.11 Å². The molecule has 0 fully saturated rings. The van der Waals surface area contributed by atoms with Crippen molar-refractivity contribution in [2.75, 3.05) is 0 Å². The van der Waals surface area contributed by atoms with Crippen LogP contribution < -0.4 is 0 Å². The molecule has 0 radical (unpaired) electrons. The molecule has 1 heteroatoms. The normalized spacial score (nSPS) is 20.6. The fourth-order valence-corrected chi connectivity index (χ4v) is 2.23. The molecule has 0 amide bonds. The SMILES string of the molecule is CCCc1ccc2c(c1)CCC(O)C2. The van der Waals surface area contributed by atoms with E-state index in [1.165, 1.54) is 29.5 Å². The van der Waals surface area contributed by atoms with E-state index in [9.17, 15) is 5.11 Å². The maximum absolute atomic E-state index is 9.53. The van der Waals surface area contributed by atoms with Crippen LogP contribution in [0.25, 0.3) is 0 Å². The first-order valence-electron chi connectivity index (χ1n) is 5.58. The van der Waals surface area contributed by atoms with Crippen LogP contribution in [0.15, 0.2) is 18.2 Å². The molecule has 1 N–H and O–H groups in total. The van der Waals surface area contributed by atoms with Crippen LogP contribution in [0.1, 0.15) is 36.5 Å². The quantitative estimate of drug-likeness (QED) is 0.759. The van der Waals surface area contributed by atoms with Gasteiger partial charge in [0, 0.05) is 0 Å². The number of fused-ring (bicyclic) bond motifs is 1. The molecule has 0 saturated heterocycles. The predicted molar refractivity (Wildman–Crippen MR) is 58.5 cm³/mol. The Morgan fingerprint density at radius 3 is 3.00 bits per heavy atom. The lowest BCUT2D eigenvalue weighted by Crippen LogP contribution is -2.18. The van der Waals surface area contributed by atoms with Gasteiger partial charge in [-0.1, -0.05) is 31.5 Å². The van der Waals surface area contributed by atoms with Gasteiger partial charge < -0.3 is 5.11 Å². The summed E-state index contributed by atoms with van der Waals surface area (Å²) in [7, 11) is 0. The molecule has 2 rings (SSSR count). The second-order valence-electron chi connectivity index (χ2n) is 4.25. The number of rotatable bonds is 2. The van der Waals surface area contributed by atoms with E-state index in [0.717, 1.165) is 19.3 Å². The van der Waals surface area contributed by atoms with Gasteiger partial charge in [0.2, 0.25) is 0 Å². The van der Waals surface area contributed by atoms with Crippen molar-refractivity contribution in [2.45, 2.75) is 45.1 Å². The minimum atomic E-state index is -0.112. The minimum Gasteiger partial charge on any atom is -0.393 e. The average molecular weight is 190 g/mol. The lowest BCUT2D eigenvalue weighted by atomic mass is 9.88. The van der Waals surface area contributed by atoms with Crippen molar-refractivity contribution in [2.24, 2.45) is 0 Å². The zero-order valence-electron chi connectivity index (χ0n) is 8.79. The zero-order chi connectivity index (χ0) is 9.97. The smallest absolute Gasteiger partial charge is 0.0583 e. The van der Waals surface area contributed by atoms with Crippen LogP contribution in [0.4, 0.5) is 0 Å². The Kier molecular flexibility index (Phi) is 2.87. The van der Waals surface area contributed by atoms with Gasteiger partial charge in [0.1, 0.15) is 0 Å². The molecule has 1 nitrogen and oxygen atoms in total. The lowest BCUT2D eigenvalue weighted by Gasteiger charge is -2.21. The fraction of sp³-hybridized carbons (Fsp3) is 0.538. The first-order valence-corrected chi connectivity index (χ1v) is 5.58. The summed E-state index contributed by atoms with van der Waals surface area (Å²) >= 11 is 0. The molecule has 76 valence electrons. The summed E-state index contributed by atoms with van der Waals surface area (Å²) in [6.45, 7) is 2.21. The second kappa shape index (κ2) is 4.14. The largest absolute Gasteiger partial charge is 0.393 e. The van der Waals surface area contributed by atoms with Gasteiger partial charge in [-0.25, -0.2) is 0 Å². The van der Waals surface area contributed by atoms with E-state index in [4.69, 9.17) is 0 Å². The number of hydrogen-bond acceptors (Lipinski definition) is 1. The third-order valence-electron chi connectivity index (χ3n) is 3.01. The number of aliphatic hydroxyl groups excluding tert-OH is 1. The summed E-state index contributed by atoms with van der Waals surface area (Å²) in [6, 6.07) is 6.73. The highest BCUT2D eigenvalue weighted by molar-refractivity contribution is 5.34. The summed E-state index contributed by atoms with van der Waals surface area (Å²) < 4.78 is 0. The van der Waals surface area contributed by atoms with Crippen molar-refractivity contribution in [3.8, 4) is 0 Å². The van der Waals surface area contributed by atoms with E-state index < -0.39 is 0 Å². The third-order valence-corrected chi connectivity index (χ3v) is 3.01. The number of benzene rings is 1. The Morgan fingerprint density at radius 1 is 1.36 bits per heavy atom. The van der Waals surface area contributed by atoms with Crippen molar-refractivity contribution >= 4 is 0 Å². The Balaban J connectivity index is 2.22. The van der Waals surface area contributed by atoms with Gasteiger partial charge in [0.15, 0.2) is 0 Å². The molecule has 0 spiro atoms. The van der Waals surface area contributed by atoms with Crippen molar-refractivity contribution in [1.29, 1.82) is 0 Å². The number of aliphatic hydroxyl groups is 1. The first-order chi connectivity index (χ1) is 6.79. The molecule has 0 saturated carbocycles. The molecule has 1 aromatic rings. The van der Waals surface area contributed by atoms with Gasteiger partial charge in [-0.3, -0.25) is 0 Å². The molecule has 1 aliphatic carbocycles. The van der Waals surface area contributed by atoms with Crippen molar-refractivity contribution in [1.82, 2.24) is 0 Å². The van der Waals surface area contributed by atoms with E-state index >= 15 is 0 Å². The average Bonchev–Trinajstić information content (AvgIpc) is 2.19. The Labute approximate surface area is 85.8 Å². The maximum atomic E-state index is 9.53. The molecule has 1 aromatic carbocycles. The highest BCUT2D eigenvalue weighted by Crippen LogP contribution is 2.23. The van der Waals surface area contributed by atoms with E-state index in [1.54, 1.807) is 0 Å². The van der Waals surface area contributed by atoms with Crippen LogP contribution in [0.3, 0.4) is 0 Å². The van der Waals surface area contributed by atoms with Crippen LogP contribution >= 0.6 is 0 Å². The van der Waals surface area contributed by atoms with E-state index in [-0.39, 0.29) is 6.10 Å². The van der Waals surface area contributed by atoms with Gasteiger partial charge in [-0.05, 0) is 42.4 Å². The summed E-state index contributed by atoms with van der Waals surface area (Å²) in [6.07, 6.45) is 5.11. The summed E-state index contributed by atoms with van der Waals surface area (Å²) in [4.78, 5) is 0. The molecule has 0 bridgehead atoms. The highest BCUT2D eigenvalue weighted by atomic mass is 16.3. The van der Waals surface area contributed by atoms with Gasteiger partial charge in [-0.15, -0.1) is 0 Å². The topological polar surface area (TPSA) is 20.2 Å². The Morgan fingerprint density at radius 2 is 2.21 bits per heavy atom. The molecule has 1 aliphatic rings. The summed E-state index contributed by atoms with van der Waals surface area (Å²) in [5.41, 5.74) is 4.26. The minimum absolute atomic E-state index is 0.112. The second-order valence-corrected chi connectivity index (χ2v) is 4.25. The monoisotopic (exact) mass is 190 g/mol. The molecule has 14 heavy (non-hydrogen) atoms. The van der Waals surface area contributed by atoms with Crippen molar-refractivity contribution in [3.63, 3.8) is 0 Å².